The van der Waals surface area contributed by atoms with E-state index in [1.54, 1.807) is 32.3 Å². The number of nitrogens with zero attached hydrogens (tertiary/aromatic N) is 6. The Labute approximate surface area is 232 Å². The van der Waals surface area contributed by atoms with Crippen LogP contribution in [-0.4, -0.2) is 43.2 Å². The first-order valence-corrected chi connectivity index (χ1v) is 12.7. The van der Waals surface area contributed by atoms with E-state index in [2.05, 4.69) is 46.5 Å². The summed E-state index contributed by atoms with van der Waals surface area (Å²) in [5.41, 5.74) is 15.1. The van der Waals surface area contributed by atoms with Crippen molar-refractivity contribution >= 4 is 50.8 Å². The van der Waals surface area contributed by atoms with Gasteiger partial charge in [-0.15, -0.1) is 0 Å². The summed E-state index contributed by atoms with van der Waals surface area (Å²) in [6.07, 6.45) is 4.30. The van der Waals surface area contributed by atoms with Gasteiger partial charge in [0.1, 0.15) is 12.7 Å². The summed E-state index contributed by atoms with van der Waals surface area (Å²) in [6.45, 7) is 3.96. The van der Waals surface area contributed by atoms with Crippen LogP contribution in [0.3, 0.4) is 0 Å². The Kier molecular flexibility index (Phi) is 9.42. The second-order valence-corrected chi connectivity index (χ2v) is 9.15. The van der Waals surface area contributed by atoms with Crippen molar-refractivity contribution in [2.45, 2.75) is 26.7 Å². The van der Waals surface area contributed by atoms with Crippen LogP contribution in [0.1, 0.15) is 25.0 Å². The van der Waals surface area contributed by atoms with Gasteiger partial charge in [0.05, 0.1) is 16.4 Å². The molecule has 38 heavy (non-hydrogen) atoms. The predicted molar refractivity (Wildman–Crippen MR) is 155 cm³/mol. The third-order valence-electron chi connectivity index (χ3n) is 5.43. The third kappa shape index (κ3) is 6.29. The summed E-state index contributed by atoms with van der Waals surface area (Å²) in [6, 6.07) is 7.00. The Morgan fingerprint density at radius 3 is 1.71 bits per heavy atom. The average Bonchev–Trinajstić information content (AvgIpc) is 2.89. The van der Waals surface area contributed by atoms with Crippen LogP contribution in [0.4, 0.5) is 23.3 Å². The molecule has 0 radical (unpaired) electrons. The van der Waals surface area contributed by atoms with E-state index in [0.717, 1.165) is 27.7 Å². The molecule has 0 fully saturated rings. The fourth-order valence-electron chi connectivity index (χ4n) is 3.66. The van der Waals surface area contributed by atoms with Gasteiger partial charge < -0.3 is 22.1 Å². The maximum Gasteiger partial charge on any atom is 0.356 e. The zero-order chi connectivity index (χ0) is 28.0. The van der Waals surface area contributed by atoms with Crippen LogP contribution in [0.2, 0.25) is 5.02 Å². The summed E-state index contributed by atoms with van der Waals surface area (Å²) in [5.74, 6) is 0.566. The van der Waals surface area contributed by atoms with Crippen molar-refractivity contribution in [3.63, 3.8) is 0 Å². The van der Waals surface area contributed by atoms with Gasteiger partial charge in [0.25, 0.3) is 0 Å². The molecule has 0 atom stereocenters. The van der Waals surface area contributed by atoms with E-state index in [-0.39, 0.29) is 11.6 Å². The number of nitrogens with one attached hydrogen (secondary N) is 2. The molecule has 200 valence electrons. The standard InChI is InChI=1S/C12H14BrN5O.C12H14ClN5O/c2*1-3-7-4-8(14)5-9(13)10(7)18-6-16-11(15-2)17-12(18)19/h2*4-6H,3,14H2,1-2H3,(H,15,17,19). The van der Waals surface area contributed by atoms with Gasteiger partial charge in [-0.1, -0.05) is 25.4 Å². The van der Waals surface area contributed by atoms with Gasteiger partial charge in [0.15, 0.2) is 0 Å². The molecule has 0 spiro atoms. The molecular formula is C24H28BrClN10O2. The quantitative estimate of drug-likeness (QED) is 0.240. The molecule has 0 aliphatic carbocycles. The van der Waals surface area contributed by atoms with Gasteiger partial charge in [-0.2, -0.15) is 9.97 Å². The summed E-state index contributed by atoms with van der Waals surface area (Å²) in [4.78, 5) is 39.7. The Balaban J connectivity index is 0.000000211. The van der Waals surface area contributed by atoms with Crippen molar-refractivity contribution in [3.8, 4) is 11.4 Å². The molecule has 0 saturated heterocycles. The first-order chi connectivity index (χ1) is 18.1. The maximum absolute atomic E-state index is 12.0. The van der Waals surface area contributed by atoms with E-state index >= 15 is 0 Å². The number of halogens is 2. The van der Waals surface area contributed by atoms with Crippen LogP contribution in [0.15, 0.2) is 51.0 Å². The lowest BCUT2D eigenvalue weighted by Crippen LogP contribution is -2.24. The van der Waals surface area contributed by atoms with Crippen molar-refractivity contribution in [2.24, 2.45) is 0 Å². The van der Waals surface area contributed by atoms with Crippen molar-refractivity contribution in [1.82, 2.24) is 29.1 Å². The van der Waals surface area contributed by atoms with Crippen molar-refractivity contribution < 1.29 is 0 Å². The number of hydrogen-bond donors (Lipinski definition) is 4. The average molecular weight is 604 g/mol. The van der Waals surface area contributed by atoms with Crippen molar-refractivity contribution in [3.05, 3.63) is 78.5 Å². The fraction of sp³-hybridized carbons (Fsp3) is 0.250. The third-order valence-corrected chi connectivity index (χ3v) is 6.32. The summed E-state index contributed by atoms with van der Waals surface area (Å²) in [5, 5.41) is 5.84. The van der Waals surface area contributed by atoms with E-state index in [0.29, 0.717) is 34.5 Å². The van der Waals surface area contributed by atoms with Crippen LogP contribution < -0.4 is 33.5 Å². The number of hydrogen-bond acceptors (Lipinski definition) is 10. The van der Waals surface area contributed by atoms with E-state index in [1.807, 2.05) is 19.9 Å². The predicted octanol–water partition coefficient (Wildman–Crippen LogP) is 3.04. The van der Waals surface area contributed by atoms with Gasteiger partial charge >= 0.3 is 11.4 Å². The topological polar surface area (TPSA) is 172 Å². The molecule has 14 heteroatoms. The number of aryl methyl sites for hydroxylation is 2. The fourth-order valence-corrected chi connectivity index (χ4v) is 4.70. The second kappa shape index (κ2) is 12.5. The first kappa shape index (κ1) is 28.6. The zero-order valence-electron chi connectivity index (χ0n) is 21.3. The Morgan fingerprint density at radius 1 is 0.816 bits per heavy atom. The maximum atomic E-state index is 12.0. The number of nitrogens with two attached hydrogens (primary N) is 2. The highest BCUT2D eigenvalue weighted by Crippen LogP contribution is 2.28. The monoisotopic (exact) mass is 602 g/mol. The van der Waals surface area contributed by atoms with Gasteiger partial charge in [0, 0.05) is 29.9 Å². The summed E-state index contributed by atoms with van der Waals surface area (Å²) < 4.78 is 3.47. The molecule has 2 aromatic heterocycles. The highest BCUT2D eigenvalue weighted by Gasteiger charge is 2.14. The second-order valence-electron chi connectivity index (χ2n) is 7.89. The van der Waals surface area contributed by atoms with Crippen LogP contribution >= 0.6 is 27.5 Å². The number of anilines is 4. The van der Waals surface area contributed by atoms with Gasteiger partial charge in [-0.05, 0) is 64.2 Å². The molecular weight excluding hydrogens is 576 g/mol. The summed E-state index contributed by atoms with van der Waals surface area (Å²) in [7, 11) is 3.31. The first-order valence-electron chi connectivity index (χ1n) is 11.6. The molecule has 2 aromatic carbocycles. The van der Waals surface area contributed by atoms with E-state index in [4.69, 9.17) is 23.1 Å². The van der Waals surface area contributed by atoms with E-state index < -0.39 is 5.69 Å². The number of benzene rings is 2. The molecule has 12 nitrogen and oxygen atoms in total. The molecule has 4 rings (SSSR count). The smallest absolute Gasteiger partial charge is 0.356 e. The summed E-state index contributed by atoms with van der Waals surface area (Å²) >= 11 is 9.62. The lowest BCUT2D eigenvalue weighted by atomic mass is 10.1. The molecule has 2 heterocycles. The molecule has 0 saturated carbocycles. The SMILES string of the molecule is CCc1cc(N)cc(Br)c1-n1cnc(NC)nc1=O.CCc1cc(N)cc(Cl)c1-n1cnc(NC)nc1=O. The molecule has 0 amide bonds. The van der Waals surface area contributed by atoms with Gasteiger partial charge in [-0.25, -0.2) is 28.7 Å². The number of rotatable bonds is 6. The Morgan fingerprint density at radius 2 is 1.26 bits per heavy atom. The van der Waals surface area contributed by atoms with Crippen LogP contribution in [0.25, 0.3) is 11.4 Å². The normalized spacial score (nSPS) is 10.5. The minimum absolute atomic E-state index is 0.269. The van der Waals surface area contributed by atoms with E-state index in [9.17, 15) is 9.59 Å². The molecule has 4 aromatic rings. The van der Waals surface area contributed by atoms with Crippen LogP contribution in [0, 0.1) is 0 Å². The highest BCUT2D eigenvalue weighted by molar-refractivity contribution is 9.10. The number of nitrogen functional groups attached to an aromatic ring is 2. The highest BCUT2D eigenvalue weighted by atomic mass is 79.9. The molecule has 0 unspecified atom stereocenters. The van der Waals surface area contributed by atoms with Crippen molar-refractivity contribution in [1.29, 1.82) is 0 Å². The molecule has 0 aliphatic rings. The van der Waals surface area contributed by atoms with E-state index in [1.165, 1.54) is 21.8 Å². The largest absolute Gasteiger partial charge is 0.399 e. The van der Waals surface area contributed by atoms with Gasteiger partial charge in [0.2, 0.25) is 11.9 Å². The minimum atomic E-state index is -0.444. The number of aromatic nitrogens is 6. The van der Waals surface area contributed by atoms with Crippen molar-refractivity contribution in [2.75, 3.05) is 36.2 Å². The molecule has 0 aliphatic heterocycles. The van der Waals surface area contributed by atoms with Crippen LogP contribution in [0.5, 0.6) is 0 Å². The molecule has 6 N–H and O–H groups in total. The minimum Gasteiger partial charge on any atom is -0.399 e. The van der Waals surface area contributed by atoms with Gasteiger partial charge in [-0.3, -0.25) is 0 Å². The Hall–Kier alpha value is -3.97. The van der Waals surface area contributed by atoms with Crippen LogP contribution in [-0.2, 0) is 12.8 Å². The Bertz CT molecular complexity index is 1450. The molecule has 0 bridgehead atoms. The lowest BCUT2D eigenvalue weighted by molar-refractivity contribution is 0.847. The lowest BCUT2D eigenvalue weighted by Gasteiger charge is -2.13. The zero-order valence-corrected chi connectivity index (χ0v) is 23.6.